The molecule has 3 atom stereocenters. The summed E-state index contributed by atoms with van der Waals surface area (Å²) in [6.45, 7) is 7.48. The highest BCUT2D eigenvalue weighted by Crippen LogP contribution is 2.43. The van der Waals surface area contributed by atoms with Gasteiger partial charge in [0.15, 0.2) is 0 Å². The molecule has 8 nitrogen and oxygen atoms in total. The van der Waals surface area contributed by atoms with Crippen LogP contribution >= 0.6 is 11.3 Å². The van der Waals surface area contributed by atoms with Crippen molar-refractivity contribution in [3.63, 3.8) is 0 Å². The van der Waals surface area contributed by atoms with Crippen molar-refractivity contribution >= 4 is 22.2 Å². The summed E-state index contributed by atoms with van der Waals surface area (Å²) in [7, 11) is 1.65. The van der Waals surface area contributed by atoms with E-state index in [2.05, 4.69) is 51.8 Å². The van der Waals surface area contributed by atoms with Crippen molar-refractivity contribution in [2.45, 2.75) is 115 Å². The van der Waals surface area contributed by atoms with Crippen LogP contribution in [0.2, 0.25) is 0 Å². The summed E-state index contributed by atoms with van der Waals surface area (Å²) in [5.41, 5.74) is 0. The minimum Gasteiger partial charge on any atom is -0.348 e. The van der Waals surface area contributed by atoms with E-state index in [1.54, 1.807) is 18.4 Å². The maximum absolute atomic E-state index is 13.2. The van der Waals surface area contributed by atoms with Crippen LogP contribution in [0.4, 0.5) is 5.00 Å². The van der Waals surface area contributed by atoms with Crippen LogP contribution in [0.25, 0.3) is 0 Å². The van der Waals surface area contributed by atoms with Crippen molar-refractivity contribution in [1.82, 2.24) is 25.0 Å². The molecule has 1 aliphatic carbocycles. The molecule has 0 radical (unpaired) electrons. The molecule has 204 valence electrons. The summed E-state index contributed by atoms with van der Waals surface area (Å²) in [4.78, 5) is 17.1. The molecule has 2 N–H and O–H groups in total. The number of thiophene rings is 1. The summed E-state index contributed by atoms with van der Waals surface area (Å²) in [6.07, 6.45) is 11.3. The molecule has 1 amide bonds. The van der Waals surface area contributed by atoms with E-state index in [1.807, 2.05) is 6.07 Å². The highest BCUT2D eigenvalue weighted by Gasteiger charge is 2.42. The van der Waals surface area contributed by atoms with Crippen molar-refractivity contribution in [3.05, 3.63) is 28.7 Å². The van der Waals surface area contributed by atoms with Gasteiger partial charge in [-0.15, -0.1) is 21.5 Å². The third kappa shape index (κ3) is 5.73. The molecule has 5 rings (SSSR count). The molecule has 9 heteroatoms. The minimum absolute atomic E-state index is 0.0158. The van der Waals surface area contributed by atoms with Gasteiger partial charge in [0.2, 0.25) is 5.91 Å². The van der Waals surface area contributed by atoms with Crippen LogP contribution < -0.4 is 10.4 Å². The van der Waals surface area contributed by atoms with Crippen LogP contribution in [-0.4, -0.2) is 56.5 Å². The Morgan fingerprint density at radius 3 is 2.43 bits per heavy atom. The molecule has 0 aromatic carbocycles. The van der Waals surface area contributed by atoms with Gasteiger partial charge in [-0.2, -0.15) is 0 Å². The Hall–Kier alpha value is -1.97. The summed E-state index contributed by atoms with van der Waals surface area (Å²) in [5.74, 6) is 2.88. The van der Waals surface area contributed by atoms with Crippen LogP contribution in [0.5, 0.6) is 0 Å². The molecule has 3 aliphatic rings. The van der Waals surface area contributed by atoms with Gasteiger partial charge in [-0.25, -0.2) is 0 Å². The number of hydrogen-bond acceptors (Lipinski definition) is 7. The van der Waals surface area contributed by atoms with E-state index in [0.29, 0.717) is 24.0 Å². The largest absolute Gasteiger partial charge is 0.348 e. The third-order valence-corrected chi connectivity index (χ3v) is 10.1. The number of rotatable bonds is 9. The molecule has 2 aromatic rings. The zero-order valence-corrected chi connectivity index (χ0v) is 23.7. The van der Waals surface area contributed by atoms with E-state index in [1.165, 1.54) is 19.3 Å². The molecular formula is C28H44N6O2S. The minimum atomic E-state index is -0.0158. The van der Waals surface area contributed by atoms with Crippen LogP contribution in [0.1, 0.15) is 113 Å². The number of aromatic nitrogens is 3. The third-order valence-electron chi connectivity index (χ3n) is 8.88. The van der Waals surface area contributed by atoms with Gasteiger partial charge >= 0.3 is 0 Å². The SMILES string of the molecule is Cc1nnc(C(C)C)n1C1CC2CCC(C1)N2CC[C@H](NC(=O)C1CCCCC1)c1ccc(N(C)O)s1. The van der Waals surface area contributed by atoms with Crippen molar-refractivity contribution < 1.29 is 10.0 Å². The Bertz CT molecular complexity index is 1050. The van der Waals surface area contributed by atoms with Gasteiger partial charge in [0.05, 0.1) is 6.04 Å². The van der Waals surface area contributed by atoms with E-state index < -0.39 is 0 Å². The topological polar surface area (TPSA) is 86.5 Å². The van der Waals surface area contributed by atoms with Gasteiger partial charge in [-0.1, -0.05) is 33.1 Å². The zero-order valence-electron chi connectivity index (χ0n) is 22.9. The predicted octanol–water partition coefficient (Wildman–Crippen LogP) is 5.59. The number of aryl methyl sites for hydroxylation is 1. The van der Waals surface area contributed by atoms with Gasteiger partial charge in [0.25, 0.3) is 0 Å². The highest BCUT2D eigenvalue weighted by atomic mass is 32.1. The second-order valence-electron chi connectivity index (χ2n) is 11.8. The first-order valence-electron chi connectivity index (χ1n) is 14.3. The number of piperidine rings is 1. The first-order chi connectivity index (χ1) is 17.8. The molecule has 4 heterocycles. The molecule has 1 saturated carbocycles. The number of nitrogens with zero attached hydrogens (tertiary/aromatic N) is 5. The molecular weight excluding hydrogens is 484 g/mol. The predicted molar refractivity (Wildman–Crippen MR) is 147 cm³/mol. The normalized spacial score (nSPS) is 25.5. The van der Waals surface area contributed by atoms with Crippen LogP contribution in [0.15, 0.2) is 12.1 Å². The lowest BCUT2D eigenvalue weighted by atomic mass is 9.88. The fourth-order valence-corrected chi connectivity index (χ4v) is 7.94. The Kier molecular flexibility index (Phi) is 8.22. The maximum atomic E-state index is 13.2. The van der Waals surface area contributed by atoms with E-state index in [4.69, 9.17) is 0 Å². The monoisotopic (exact) mass is 528 g/mol. The number of carbonyl (C=O) groups is 1. The Balaban J connectivity index is 1.27. The maximum Gasteiger partial charge on any atom is 0.223 e. The molecule has 2 bridgehead atoms. The molecule has 2 unspecified atom stereocenters. The van der Waals surface area contributed by atoms with Gasteiger partial charge in [-0.3, -0.25) is 20.0 Å². The van der Waals surface area contributed by atoms with E-state index in [9.17, 15) is 10.0 Å². The number of hydrogen-bond donors (Lipinski definition) is 2. The standard InChI is InChI=1S/C28H44N6O2S/c1-18(2)27-31-30-19(3)34(27)23-16-21-10-11-22(17-23)33(21)15-14-24(25-12-13-26(37-25)32(4)36)29-28(35)20-8-6-5-7-9-20/h12-13,18,20-24,36H,5-11,14-17H2,1-4H3,(H,29,35)/t21?,22?,23?,24-/m0/s1. The number of fused-ring (bicyclic) bond motifs is 2. The van der Waals surface area contributed by atoms with Crippen molar-refractivity contribution in [2.24, 2.45) is 5.92 Å². The quantitative estimate of drug-likeness (QED) is 0.413. The molecule has 2 aromatic heterocycles. The summed E-state index contributed by atoms with van der Waals surface area (Å²) in [5, 5.41) is 24.2. The number of hydroxylamine groups is 1. The fraction of sp³-hybridized carbons (Fsp3) is 0.750. The van der Waals surface area contributed by atoms with Crippen molar-refractivity contribution in [1.29, 1.82) is 0 Å². The average Bonchev–Trinajstić information content (AvgIpc) is 3.58. The van der Waals surface area contributed by atoms with Gasteiger partial charge in [0, 0.05) is 48.4 Å². The second kappa shape index (κ2) is 11.4. The Labute approximate surface area is 225 Å². The summed E-state index contributed by atoms with van der Waals surface area (Å²) in [6, 6.07) is 5.62. The highest BCUT2D eigenvalue weighted by molar-refractivity contribution is 7.16. The number of nitrogens with one attached hydrogen (secondary N) is 1. The lowest BCUT2D eigenvalue weighted by Crippen LogP contribution is -2.45. The van der Waals surface area contributed by atoms with E-state index >= 15 is 0 Å². The van der Waals surface area contributed by atoms with Crippen LogP contribution in [0.3, 0.4) is 0 Å². The molecule has 0 spiro atoms. The van der Waals surface area contributed by atoms with E-state index in [0.717, 1.165) is 78.1 Å². The fourth-order valence-electron chi connectivity index (χ4n) is 6.97. The first kappa shape index (κ1) is 26.6. The van der Waals surface area contributed by atoms with Gasteiger partial charge < -0.3 is 9.88 Å². The second-order valence-corrected chi connectivity index (χ2v) is 12.9. The van der Waals surface area contributed by atoms with Gasteiger partial charge in [-0.05, 0) is 64.0 Å². The zero-order chi connectivity index (χ0) is 26.1. The molecule has 3 fully saturated rings. The van der Waals surface area contributed by atoms with E-state index in [-0.39, 0.29) is 17.9 Å². The van der Waals surface area contributed by atoms with Crippen LogP contribution in [0, 0.1) is 12.8 Å². The van der Waals surface area contributed by atoms with Crippen molar-refractivity contribution in [3.8, 4) is 0 Å². The smallest absolute Gasteiger partial charge is 0.223 e. The first-order valence-corrected chi connectivity index (χ1v) is 15.1. The van der Waals surface area contributed by atoms with Crippen LogP contribution in [-0.2, 0) is 4.79 Å². The number of anilines is 1. The molecule has 2 aliphatic heterocycles. The number of carbonyl (C=O) groups excluding carboxylic acids is 1. The summed E-state index contributed by atoms with van der Waals surface area (Å²) < 4.78 is 2.42. The Morgan fingerprint density at radius 1 is 1.11 bits per heavy atom. The van der Waals surface area contributed by atoms with Gasteiger partial charge in [0.1, 0.15) is 16.6 Å². The number of amides is 1. The lowest BCUT2D eigenvalue weighted by Gasteiger charge is -2.40. The molecule has 2 saturated heterocycles. The average molecular weight is 529 g/mol. The molecule has 37 heavy (non-hydrogen) atoms. The lowest BCUT2D eigenvalue weighted by molar-refractivity contribution is -0.126. The summed E-state index contributed by atoms with van der Waals surface area (Å²) >= 11 is 1.57. The van der Waals surface area contributed by atoms with Crippen molar-refractivity contribution in [2.75, 3.05) is 18.7 Å². The Morgan fingerprint density at radius 2 is 1.81 bits per heavy atom.